The van der Waals surface area contributed by atoms with Crippen molar-refractivity contribution in [3.63, 3.8) is 0 Å². The van der Waals surface area contributed by atoms with E-state index in [1.165, 1.54) is 0 Å². The van der Waals surface area contributed by atoms with Crippen molar-refractivity contribution in [2.24, 2.45) is 0 Å². The fourth-order valence-electron chi connectivity index (χ4n) is 2.59. The molecule has 1 amide bonds. The Morgan fingerprint density at radius 3 is 2.63 bits per heavy atom. The highest BCUT2D eigenvalue weighted by atomic mass is 16.2. The largest absolute Gasteiger partial charge is 0.398 e. The van der Waals surface area contributed by atoms with Crippen LogP contribution in [0.2, 0.25) is 0 Å². The summed E-state index contributed by atoms with van der Waals surface area (Å²) < 4.78 is 0. The molecule has 19 heavy (non-hydrogen) atoms. The lowest BCUT2D eigenvalue weighted by molar-refractivity contribution is 0.0660. The third-order valence-corrected chi connectivity index (χ3v) is 4.00. The first-order valence-electron chi connectivity index (χ1n) is 6.81. The zero-order valence-corrected chi connectivity index (χ0v) is 12.0. The Kier molecular flexibility index (Phi) is 4.10. The number of rotatable bonds is 2. The van der Waals surface area contributed by atoms with Gasteiger partial charge in [0.1, 0.15) is 0 Å². The van der Waals surface area contributed by atoms with Crippen LogP contribution in [0.5, 0.6) is 0 Å². The first-order chi connectivity index (χ1) is 8.99. The number of amides is 1. The van der Waals surface area contributed by atoms with Crippen molar-refractivity contribution in [2.75, 3.05) is 32.9 Å². The predicted molar refractivity (Wildman–Crippen MR) is 78.2 cm³/mol. The van der Waals surface area contributed by atoms with Gasteiger partial charge in [-0.1, -0.05) is 11.6 Å². The molecule has 4 heteroatoms. The summed E-state index contributed by atoms with van der Waals surface area (Å²) in [6.07, 6.45) is 2.06. The molecule has 0 aromatic heterocycles. The molecule has 0 unspecified atom stereocenters. The fourth-order valence-corrected chi connectivity index (χ4v) is 2.59. The van der Waals surface area contributed by atoms with Crippen LogP contribution in [-0.4, -0.2) is 48.9 Å². The summed E-state index contributed by atoms with van der Waals surface area (Å²) in [4.78, 5) is 16.7. The molecule has 4 nitrogen and oxygen atoms in total. The SMILES string of the molecule is Cc1ccc(N)c(C(=O)N(C)C2CCN(C)CC2)c1. The van der Waals surface area contributed by atoms with E-state index in [2.05, 4.69) is 11.9 Å². The summed E-state index contributed by atoms with van der Waals surface area (Å²) in [5.74, 6) is 0.0377. The van der Waals surface area contributed by atoms with Gasteiger partial charge in [0.2, 0.25) is 0 Å². The van der Waals surface area contributed by atoms with Gasteiger partial charge in [0.25, 0.3) is 5.91 Å². The average molecular weight is 261 g/mol. The summed E-state index contributed by atoms with van der Waals surface area (Å²) >= 11 is 0. The Hall–Kier alpha value is -1.55. The van der Waals surface area contributed by atoms with E-state index < -0.39 is 0 Å². The molecule has 1 saturated heterocycles. The number of benzene rings is 1. The highest BCUT2D eigenvalue weighted by molar-refractivity contribution is 5.99. The van der Waals surface area contributed by atoms with E-state index in [0.29, 0.717) is 17.3 Å². The zero-order chi connectivity index (χ0) is 14.0. The van der Waals surface area contributed by atoms with Crippen molar-refractivity contribution in [3.05, 3.63) is 29.3 Å². The Bertz CT molecular complexity index is 464. The minimum absolute atomic E-state index is 0.0377. The quantitative estimate of drug-likeness (QED) is 0.825. The van der Waals surface area contributed by atoms with Crippen LogP contribution in [-0.2, 0) is 0 Å². The van der Waals surface area contributed by atoms with E-state index in [-0.39, 0.29) is 5.91 Å². The highest BCUT2D eigenvalue weighted by Crippen LogP contribution is 2.20. The van der Waals surface area contributed by atoms with Crippen LogP contribution in [0.4, 0.5) is 5.69 Å². The highest BCUT2D eigenvalue weighted by Gasteiger charge is 2.25. The van der Waals surface area contributed by atoms with E-state index in [1.54, 1.807) is 0 Å². The van der Waals surface area contributed by atoms with Gasteiger partial charge in [-0.15, -0.1) is 0 Å². The molecule has 2 N–H and O–H groups in total. The van der Waals surface area contributed by atoms with Crippen LogP contribution in [0.25, 0.3) is 0 Å². The maximum Gasteiger partial charge on any atom is 0.255 e. The van der Waals surface area contributed by atoms with E-state index in [9.17, 15) is 4.79 Å². The second-order valence-corrected chi connectivity index (χ2v) is 5.54. The Balaban J connectivity index is 2.12. The number of nitrogens with two attached hydrogens (primary N) is 1. The standard InChI is InChI=1S/C15H23N3O/c1-11-4-5-14(16)13(10-11)15(19)18(3)12-6-8-17(2)9-7-12/h4-5,10,12H,6-9,16H2,1-3H3. The molecule has 1 fully saturated rings. The van der Waals surface area contributed by atoms with Gasteiger partial charge in [-0.2, -0.15) is 0 Å². The van der Waals surface area contributed by atoms with Crippen LogP contribution >= 0.6 is 0 Å². The Morgan fingerprint density at radius 1 is 1.37 bits per heavy atom. The molecule has 0 atom stereocenters. The average Bonchev–Trinajstić information content (AvgIpc) is 2.41. The number of carbonyl (C=O) groups is 1. The Labute approximate surface area is 115 Å². The molecule has 1 heterocycles. The monoisotopic (exact) mass is 261 g/mol. The molecule has 1 aliphatic rings. The predicted octanol–water partition coefficient (Wildman–Crippen LogP) is 1.74. The number of piperidine rings is 1. The second-order valence-electron chi connectivity index (χ2n) is 5.54. The molecule has 1 aromatic carbocycles. The third kappa shape index (κ3) is 3.07. The van der Waals surface area contributed by atoms with Gasteiger partial charge in [0, 0.05) is 18.8 Å². The van der Waals surface area contributed by atoms with Gasteiger partial charge in [0.15, 0.2) is 0 Å². The van der Waals surface area contributed by atoms with Crippen LogP contribution in [0.15, 0.2) is 18.2 Å². The van der Waals surface area contributed by atoms with Crippen molar-refractivity contribution in [2.45, 2.75) is 25.8 Å². The molecule has 104 valence electrons. The number of carbonyl (C=O) groups excluding carboxylic acids is 1. The minimum atomic E-state index is 0.0377. The maximum absolute atomic E-state index is 12.5. The molecule has 0 bridgehead atoms. The normalized spacial score (nSPS) is 17.4. The van der Waals surface area contributed by atoms with Gasteiger partial charge in [0.05, 0.1) is 5.56 Å². The second kappa shape index (κ2) is 5.61. The first kappa shape index (κ1) is 13.9. The van der Waals surface area contributed by atoms with Gasteiger partial charge in [-0.3, -0.25) is 4.79 Å². The van der Waals surface area contributed by atoms with E-state index in [0.717, 1.165) is 31.5 Å². The summed E-state index contributed by atoms with van der Waals surface area (Å²) in [6.45, 7) is 4.07. The number of hydrogen-bond donors (Lipinski definition) is 1. The maximum atomic E-state index is 12.5. The van der Waals surface area contributed by atoms with E-state index >= 15 is 0 Å². The number of anilines is 1. The van der Waals surface area contributed by atoms with Crippen molar-refractivity contribution in [1.29, 1.82) is 0 Å². The van der Waals surface area contributed by atoms with Gasteiger partial charge >= 0.3 is 0 Å². The van der Waals surface area contributed by atoms with Crippen LogP contribution in [0, 0.1) is 6.92 Å². The number of hydrogen-bond acceptors (Lipinski definition) is 3. The molecule has 2 rings (SSSR count). The summed E-state index contributed by atoms with van der Waals surface area (Å²) in [6, 6.07) is 5.94. The van der Waals surface area contributed by atoms with Crippen molar-refractivity contribution < 1.29 is 4.79 Å². The van der Waals surface area contributed by atoms with E-state index in [4.69, 9.17) is 5.73 Å². The molecule has 0 spiro atoms. The molecular weight excluding hydrogens is 238 g/mol. The fraction of sp³-hybridized carbons (Fsp3) is 0.533. The Morgan fingerprint density at radius 2 is 2.00 bits per heavy atom. The van der Waals surface area contributed by atoms with Crippen LogP contribution in [0.1, 0.15) is 28.8 Å². The molecule has 0 aliphatic carbocycles. The molecule has 0 radical (unpaired) electrons. The zero-order valence-electron chi connectivity index (χ0n) is 12.0. The van der Waals surface area contributed by atoms with Crippen molar-refractivity contribution in [3.8, 4) is 0 Å². The van der Waals surface area contributed by atoms with E-state index in [1.807, 2.05) is 37.1 Å². The first-order valence-corrected chi connectivity index (χ1v) is 6.81. The van der Waals surface area contributed by atoms with Crippen molar-refractivity contribution in [1.82, 2.24) is 9.80 Å². The van der Waals surface area contributed by atoms with Gasteiger partial charge < -0.3 is 15.5 Å². The summed E-state index contributed by atoms with van der Waals surface area (Å²) in [7, 11) is 4.01. The lowest BCUT2D eigenvalue weighted by atomic mass is 10.0. The number of nitrogens with zero attached hydrogens (tertiary/aromatic N) is 2. The summed E-state index contributed by atoms with van der Waals surface area (Å²) in [5, 5.41) is 0. The minimum Gasteiger partial charge on any atom is -0.398 e. The molecule has 1 aromatic rings. The van der Waals surface area contributed by atoms with Gasteiger partial charge in [-0.25, -0.2) is 0 Å². The third-order valence-electron chi connectivity index (χ3n) is 4.00. The lowest BCUT2D eigenvalue weighted by Gasteiger charge is -2.35. The van der Waals surface area contributed by atoms with Crippen molar-refractivity contribution >= 4 is 11.6 Å². The molecule has 0 saturated carbocycles. The number of nitrogen functional groups attached to an aromatic ring is 1. The molecule has 1 aliphatic heterocycles. The number of aryl methyl sites for hydroxylation is 1. The van der Waals surface area contributed by atoms with Crippen LogP contribution < -0.4 is 5.73 Å². The molecular formula is C15H23N3O. The number of likely N-dealkylation sites (tertiary alicyclic amines) is 1. The van der Waals surface area contributed by atoms with Gasteiger partial charge in [-0.05, 0) is 52.0 Å². The lowest BCUT2D eigenvalue weighted by Crippen LogP contribution is -2.44. The topological polar surface area (TPSA) is 49.6 Å². The summed E-state index contributed by atoms with van der Waals surface area (Å²) in [5.41, 5.74) is 8.18. The smallest absolute Gasteiger partial charge is 0.255 e. The van der Waals surface area contributed by atoms with Crippen LogP contribution in [0.3, 0.4) is 0 Å².